The van der Waals surface area contributed by atoms with Gasteiger partial charge in [-0.15, -0.1) is 0 Å². The number of likely N-dealkylation sites (tertiary alicyclic amines) is 1. The van der Waals surface area contributed by atoms with Gasteiger partial charge in [0.2, 0.25) is 11.8 Å². The van der Waals surface area contributed by atoms with E-state index in [0.29, 0.717) is 30.2 Å². The molecule has 2 rings (SSSR count). The van der Waals surface area contributed by atoms with E-state index in [2.05, 4.69) is 10.6 Å². The van der Waals surface area contributed by atoms with Crippen LogP contribution in [0.25, 0.3) is 0 Å². The molecule has 0 aliphatic carbocycles. The Morgan fingerprint density at radius 1 is 1.16 bits per heavy atom. The maximum atomic E-state index is 12.2. The summed E-state index contributed by atoms with van der Waals surface area (Å²) >= 11 is 5.78. The quantitative estimate of drug-likeness (QED) is 0.781. The lowest BCUT2D eigenvalue weighted by Gasteiger charge is -2.31. The third-order valence-corrected chi connectivity index (χ3v) is 4.37. The molecule has 6 nitrogen and oxygen atoms in total. The number of halogens is 1. The van der Waals surface area contributed by atoms with Gasteiger partial charge in [-0.05, 0) is 45.0 Å². The van der Waals surface area contributed by atoms with E-state index >= 15 is 0 Å². The highest BCUT2D eigenvalue weighted by atomic mass is 35.5. The monoisotopic (exact) mass is 365 g/mol. The van der Waals surface area contributed by atoms with Gasteiger partial charge in [-0.1, -0.05) is 11.6 Å². The number of rotatable bonds is 5. The van der Waals surface area contributed by atoms with E-state index in [9.17, 15) is 14.4 Å². The number of benzene rings is 1. The first kappa shape index (κ1) is 19.2. The number of amides is 3. The van der Waals surface area contributed by atoms with Crippen molar-refractivity contribution in [3.8, 4) is 0 Å². The number of carbonyl (C=O) groups excluding carboxylic acids is 3. The summed E-state index contributed by atoms with van der Waals surface area (Å²) in [6, 6.07) is 6.58. The van der Waals surface area contributed by atoms with Gasteiger partial charge in [-0.3, -0.25) is 14.4 Å². The summed E-state index contributed by atoms with van der Waals surface area (Å²) in [6.07, 6.45) is 0.236. The van der Waals surface area contributed by atoms with Crippen LogP contribution in [-0.2, 0) is 9.59 Å². The van der Waals surface area contributed by atoms with E-state index in [-0.39, 0.29) is 35.6 Å². The lowest BCUT2D eigenvalue weighted by molar-refractivity contribution is -0.132. The summed E-state index contributed by atoms with van der Waals surface area (Å²) in [7, 11) is 0. The van der Waals surface area contributed by atoms with Crippen LogP contribution >= 0.6 is 11.6 Å². The van der Waals surface area contributed by atoms with E-state index in [1.807, 2.05) is 20.8 Å². The Kier molecular flexibility index (Phi) is 6.06. The summed E-state index contributed by atoms with van der Waals surface area (Å²) in [4.78, 5) is 37.9. The molecule has 136 valence electrons. The van der Waals surface area contributed by atoms with Crippen LogP contribution in [0.3, 0.4) is 0 Å². The average Bonchev–Trinajstić information content (AvgIpc) is 2.94. The fourth-order valence-electron chi connectivity index (χ4n) is 2.74. The lowest BCUT2D eigenvalue weighted by atomic mass is 10.1. The normalized spacial score (nSPS) is 17.5. The Morgan fingerprint density at radius 2 is 1.76 bits per heavy atom. The molecule has 1 aliphatic heterocycles. The first-order valence-corrected chi connectivity index (χ1v) is 8.68. The summed E-state index contributed by atoms with van der Waals surface area (Å²) in [6.45, 7) is 6.94. The molecule has 1 fully saturated rings. The molecule has 0 bridgehead atoms. The summed E-state index contributed by atoms with van der Waals surface area (Å²) in [5.41, 5.74) is 0.233. The van der Waals surface area contributed by atoms with Crippen LogP contribution in [0, 0.1) is 5.92 Å². The number of nitrogens with zero attached hydrogens (tertiary/aromatic N) is 1. The van der Waals surface area contributed by atoms with Crippen LogP contribution in [0.5, 0.6) is 0 Å². The van der Waals surface area contributed by atoms with E-state index in [1.165, 1.54) is 0 Å². The van der Waals surface area contributed by atoms with E-state index in [4.69, 9.17) is 11.6 Å². The largest absolute Gasteiger partial charge is 0.354 e. The molecule has 1 aromatic rings. The maximum Gasteiger partial charge on any atom is 0.251 e. The van der Waals surface area contributed by atoms with Crippen LogP contribution in [0.4, 0.5) is 0 Å². The highest BCUT2D eigenvalue weighted by Crippen LogP contribution is 2.25. The molecule has 7 heteroatoms. The highest BCUT2D eigenvalue weighted by Gasteiger charge is 2.39. The van der Waals surface area contributed by atoms with Crippen molar-refractivity contribution in [1.82, 2.24) is 15.5 Å². The predicted octanol–water partition coefficient (Wildman–Crippen LogP) is 1.83. The van der Waals surface area contributed by atoms with Crippen molar-refractivity contribution < 1.29 is 14.4 Å². The Hall–Kier alpha value is -2.08. The highest BCUT2D eigenvalue weighted by molar-refractivity contribution is 6.30. The molecule has 0 aromatic heterocycles. The van der Waals surface area contributed by atoms with Gasteiger partial charge in [-0.25, -0.2) is 0 Å². The molecule has 1 atom stereocenters. The van der Waals surface area contributed by atoms with Crippen LogP contribution in [0.1, 0.15) is 37.6 Å². The molecule has 1 heterocycles. The maximum absolute atomic E-state index is 12.2. The topological polar surface area (TPSA) is 78.5 Å². The average molecular weight is 366 g/mol. The zero-order valence-corrected chi connectivity index (χ0v) is 15.5. The number of nitrogens with one attached hydrogen (secondary N) is 2. The van der Waals surface area contributed by atoms with Crippen LogP contribution in [0.15, 0.2) is 24.3 Å². The molecule has 1 unspecified atom stereocenters. The van der Waals surface area contributed by atoms with E-state index in [1.54, 1.807) is 29.2 Å². The Balaban J connectivity index is 1.73. The van der Waals surface area contributed by atoms with Crippen molar-refractivity contribution in [1.29, 1.82) is 0 Å². The molecular weight excluding hydrogens is 342 g/mol. The third-order valence-electron chi connectivity index (χ3n) is 4.12. The smallest absolute Gasteiger partial charge is 0.251 e. The second-order valence-corrected chi connectivity index (χ2v) is 7.57. The fourth-order valence-corrected chi connectivity index (χ4v) is 2.87. The van der Waals surface area contributed by atoms with Crippen molar-refractivity contribution >= 4 is 29.3 Å². The molecule has 1 aliphatic rings. The van der Waals surface area contributed by atoms with Crippen molar-refractivity contribution in [2.45, 2.75) is 32.7 Å². The lowest BCUT2D eigenvalue weighted by Crippen LogP contribution is -2.43. The van der Waals surface area contributed by atoms with E-state index < -0.39 is 0 Å². The molecule has 3 amide bonds. The first-order chi connectivity index (χ1) is 11.7. The van der Waals surface area contributed by atoms with Crippen molar-refractivity contribution in [2.24, 2.45) is 5.92 Å². The molecular formula is C18H24ClN3O3. The number of hydrogen-bond donors (Lipinski definition) is 2. The van der Waals surface area contributed by atoms with E-state index in [0.717, 1.165) is 0 Å². The molecule has 25 heavy (non-hydrogen) atoms. The predicted molar refractivity (Wildman–Crippen MR) is 96.4 cm³/mol. The Morgan fingerprint density at radius 3 is 2.32 bits per heavy atom. The van der Waals surface area contributed by atoms with Gasteiger partial charge >= 0.3 is 0 Å². The minimum atomic E-state index is -0.335. The molecule has 2 N–H and O–H groups in total. The van der Waals surface area contributed by atoms with Crippen LogP contribution in [0.2, 0.25) is 5.02 Å². The molecule has 1 aromatic carbocycles. The number of hydrogen-bond acceptors (Lipinski definition) is 3. The second kappa shape index (κ2) is 7.87. The van der Waals surface area contributed by atoms with Gasteiger partial charge < -0.3 is 15.5 Å². The SMILES string of the molecule is CC(C)(C)N1CC(C(=O)NCCNC(=O)c2ccc(Cl)cc2)CC1=O. The Labute approximate surface area is 152 Å². The molecule has 0 spiro atoms. The van der Waals surface area contributed by atoms with Crippen molar-refractivity contribution in [3.63, 3.8) is 0 Å². The third kappa shape index (κ3) is 5.19. The molecule has 1 saturated heterocycles. The van der Waals surface area contributed by atoms with Crippen molar-refractivity contribution in [3.05, 3.63) is 34.9 Å². The molecule has 0 saturated carbocycles. The van der Waals surface area contributed by atoms with Gasteiger partial charge in [0.25, 0.3) is 5.91 Å². The number of carbonyl (C=O) groups is 3. The zero-order valence-electron chi connectivity index (χ0n) is 14.8. The van der Waals surface area contributed by atoms with Crippen LogP contribution < -0.4 is 10.6 Å². The zero-order chi connectivity index (χ0) is 18.6. The summed E-state index contributed by atoms with van der Waals surface area (Å²) < 4.78 is 0. The minimum Gasteiger partial charge on any atom is -0.354 e. The van der Waals surface area contributed by atoms with Crippen LogP contribution in [-0.4, -0.2) is 47.8 Å². The second-order valence-electron chi connectivity index (χ2n) is 7.13. The summed E-state index contributed by atoms with van der Waals surface area (Å²) in [5, 5.41) is 6.08. The van der Waals surface area contributed by atoms with Gasteiger partial charge in [0.1, 0.15) is 0 Å². The standard InChI is InChI=1S/C18H24ClN3O3/c1-18(2,3)22-11-13(10-15(22)23)17(25)21-9-8-20-16(24)12-4-6-14(19)7-5-12/h4-7,13H,8-11H2,1-3H3,(H,20,24)(H,21,25). The van der Waals surface area contributed by atoms with Gasteiger partial charge in [0, 0.05) is 42.2 Å². The minimum absolute atomic E-state index is 0.00342. The molecule has 0 radical (unpaired) electrons. The summed E-state index contributed by atoms with van der Waals surface area (Å²) in [5.74, 6) is -0.705. The fraction of sp³-hybridized carbons (Fsp3) is 0.500. The van der Waals surface area contributed by atoms with Gasteiger partial charge in [-0.2, -0.15) is 0 Å². The van der Waals surface area contributed by atoms with Gasteiger partial charge in [0.05, 0.1) is 5.92 Å². The van der Waals surface area contributed by atoms with Gasteiger partial charge in [0.15, 0.2) is 0 Å². The first-order valence-electron chi connectivity index (χ1n) is 8.30. The van der Waals surface area contributed by atoms with Crippen molar-refractivity contribution in [2.75, 3.05) is 19.6 Å². The Bertz CT molecular complexity index is 653.